The van der Waals surface area contributed by atoms with Crippen LogP contribution in [0, 0.1) is 0 Å². The summed E-state index contributed by atoms with van der Waals surface area (Å²) in [5.41, 5.74) is 1.17. The van der Waals surface area contributed by atoms with Crippen LogP contribution < -0.4 is 15.4 Å². The van der Waals surface area contributed by atoms with E-state index in [1.54, 1.807) is 42.5 Å². The largest absolute Gasteiger partial charge is 0.506 e. The second-order valence-electron chi connectivity index (χ2n) is 4.71. The molecule has 0 fully saturated rings. The maximum Gasteiger partial charge on any atom is 0.250 e. The van der Waals surface area contributed by atoms with Crippen LogP contribution in [0.15, 0.2) is 48.5 Å². The summed E-state index contributed by atoms with van der Waals surface area (Å²) >= 11 is 10.8. The lowest BCUT2D eigenvalue weighted by Crippen LogP contribution is -2.32. The van der Waals surface area contributed by atoms with Gasteiger partial charge in [-0.3, -0.25) is 10.1 Å². The SMILES string of the molecule is COc1ccc(O)c(NC(=S)NC(=O)/C=C/c2ccc(Cl)cc2)c1. The number of hydrogen-bond donors (Lipinski definition) is 3. The van der Waals surface area contributed by atoms with Crippen molar-refractivity contribution in [3.8, 4) is 11.5 Å². The summed E-state index contributed by atoms with van der Waals surface area (Å²) in [5.74, 6) is 0.140. The van der Waals surface area contributed by atoms with Gasteiger partial charge in [-0.1, -0.05) is 23.7 Å². The molecule has 0 saturated heterocycles. The maximum atomic E-state index is 11.9. The molecule has 0 aromatic heterocycles. The van der Waals surface area contributed by atoms with Gasteiger partial charge in [-0.2, -0.15) is 0 Å². The Morgan fingerprint density at radius 2 is 1.96 bits per heavy atom. The van der Waals surface area contributed by atoms with Crippen molar-refractivity contribution in [3.05, 3.63) is 59.1 Å². The maximum absolute atomic E-state index is 11.9. The highest BCUT2D eigenvalue weighted by Crippen LogP contribution is 2.27. The van der Waals surface area contributed by atoms with Crippen LogP contribution in [0.5, 0.6) is 11.5 Å². The molecule has 0 aliphatic heterocycles. The van der Waals surface area contributed by atoms with E-state index < -0.39 is 5.91 Å². The first-order chi connectivity index (χ1) is 11.5. The van der Waals surface area contributed by atoms with Crippen molar-refractivity contribution in [1.82, 2.24) is 5.32 Å². The summed E-state index contributed by atoms with van der Waals surface area (Å²) in [6.07, 6.45) is 2.99. The first kappa shape index (κ1) is 17.8. The number of halogens is 1. The molecule has 2 aromatic rings. The average Bonchev–Trinajstić information content (AvgIpc) is 2.56. The number of hydrogen-bond acceptors (Lipinski definition) is 4. The Hall–Kier alpha value is -2.57. The molecular weight excluding hydrogens is 348 g/mol. The molecule has 0 bridgehead atoms. The van der Waals surface area contributed by atoms with Crippen molar-refractivity contribution in [2.24, 2.45) is 0 Å². The lowest BCUT2D eigenvalue weighted by Gasteiger charge is -2.11. The zero-order valence-corrected chi connectivity index (χ0v) is 14.3. The molecule has 5 nitrogen and oxygen atoms in total. The monoisotopic (exact) mass is 362 g/mol. The van der Waals surface area contributed by atoms with Crippen molar-refractivity contribution in [1.29, 1.82) is 0 Å². The molecule has 1 amide bonds. The van der Waals surface area contributed by atoms with E-state index in [0.717, 1.165) is 5.56 Å². The molecule has 0 aliphatic carbocycles. The van der Waals surface area contributed by atoms with Gasteiger partial charge in [-0.25, -0.2) is 0 Å². The van der Waals surface area contributed by atoms with Gasteiger partial charge in [0.15, 0.2) is 5.11 Å². The Labute approximate surface area is 149 Å². The topological polar surface area (TPSA) is 70.6 Å². The summed E-state index contributed by atoms with van der Waals surface area (Å²) in [5, 5.41) is 15.7. The molecule has 0 saturated carbocycles. The van der Waals surface area contributed by atoms with Gasteiger partial charge >= 0.3 is 0 Å². The molecule has 7 heteroatoms. The van der Waals surface area contributed by atoms with Crippen molar-refractivity contribution in [2.45, 2.75) is 0 Å². The highest BCUT2D eigenvalue weighted by atomic mass is 35.5. The Morgan fingerprint density at radius 3 is 2.62 bits per heavy atom. The number of aromatic hydroxyl groups is 1. The van der Waals surface area contributed by atoms with Crippen LogP contribution in [-0.4, -0.2) is 23.2 Å². The number of thiocarbonyl (C=S) groups is 1. The van der Waals surface area contributed by atoms with E-state index in [1.807, 2.05) is 0 Å². The predicted octanol–water partition coefficient (Wildman–Crippen LogP) is 3.58. The number of ether oxygens (including phenoxy) is 1. The first-order valence-electron chi connectivity index (χ1n) is 6.90. The van der Waals surface area contributed by atoms with Crippen LogP contribution >= 0.6 is 23.8 Å². The Kier molecular flexibility index (Phi) is 6.17. The summed E-state index contributed by atoms with van der Waals surface area (Å²) in [4.78, 5) is 11.9. The first-order valence-corrected chi connectivity index (χ1v) is 7.69. The Balaban J connectivity index is 1.94. The zero-order valence-electron chi connectivity index (χ0n) is 12.7. The zero-order chi connectivity index (χ0) is 17.5. The molecule has 0 atom stereocenters. The average molecular weight is 363 g/mol. The highest BCUT2D eigenvalue weighted by Gasteiger charge is 2.07. The van der Waals surface area contributed by atoms with Gasteiger partial charge in [-0.15, -0.1) is 0 Å². The fraction of sp³-hybridized carbons (Fsp3) is 0.0588. The molecular formula is C17H15ClN2O3S. The number of anilines is 1. The standard InChI is InChI=1S/C17H15ClN2O3S/c1-23-13-7-8-15(21)14(10-13)19-17(24)20-16(22)9-4-11-2-5-12(18)6-3-11/h2-10,21H,1H3,(H2,19,20,22,24)/b9-4+. The smallest absolute Gasteiger partial charge is 0.250 e. The molecule has 0 aliphatic rings. The fourth-order valence-corrected chi connectivity index (χ4v) is 2.13. The number of phenols is 1. The van der Waals surface area contributed by atoms with Gasteiger partial charge in [0, 0.05) is 17.2 Å². The second kappa shape index (κ2) is 8.33. The predicted molar refractivity (Wildman–Crippen MR) is 99.5 cm³/mol. The van der Waals surface area contributed by atoms with Crippen LogP contribution in [0.3, 0.4) is 0 Å². The number of phenolic OH excluding ortho intramolecular Hbond substituents is 1. The van der Waals surface area contributed by atoms with Crippen LogP contribution in [-0.2, 0) is 4.79 Å². The number of benzene rings is 2. The van der Waals surface area contributed by atoms with E-state index in [4.69, 9.17) is 28.6 Å². The van der Waals surface area contributed by atoms with Gasteiger partial charge in [0.2, 0.25) is 5.91 Å². The molecule has 2 aromatic carbocycles. The van der Waals surface area contributed by atoms with Crippen molar-refractivity contribution >= 4 is 46.6 Å². The summed E-state index contributed by atoms with van der Waals surface area (Å²) < 4.78 is 5.07. The Morgan fingerprint density at radius 1 is 1.25 bits per heavy atom. The van der Waals surface area contributed by atoms with Crippen LogP contribution in [0.2, 0.25) is 5.02 Å². The molecule has 3 N–H and O–H groups in total. The number of rotatable bonds is 4. The van der Waals surface area contributed by atoms with Crippen molar-refractivity contribution < 1.29 is 14.6 Å². The van der Waals surface area contributed by atoms with E-state index in [0.29, 0.717) is 16.5 Å². The lowest BCUT2D eigenvalue weighted by molar-refractivity contribution is -0.115. The summed E-state index contributed by atoms with van der Waals surface area (Å²) in [6.45, 7) is 0. The number of carbonyl (C=O) groups is 1. The summed E-state index contributed by atoms with van der Waals surface area (Å²) in [6, 6.07) is 11.7. The number of carbonyl (C=O) groups excluding carboxylic acids is 1. The third-order valence-electron chi connectivity index (χ3n) is 2.99. The number of amides is 1. The molecule has 24 heavy (non-hydrogen) atoms. The van der Waals surface area contributed by atoms with E-state index in [2.05, 4.69) is 10.6 Å². The minimum Gasteiger partial charge on any atom is -0.506 e. The van der Waals surface area contributed by atoms with E-state index in [9.17, 15) is 9.90 Å². The van der Waals surface area contributed by atoms with Gasteiger partial charge in [0.05, 0.1) is 12.8 Å². The van der Waals surface area contributed by atoms with E-state index in [1.165, 1.54) is 19.3 Å². The van der Waals surface area contributed by atoms with Gasteiger partial charge in [0.25, 0.3) is 0 Å². The molecule has 0 heterocycles. The van der Waals surface area contributed by atoms with Crippen LogP contribution in [0.25, 0.3) is 6.08 Å². The molecule has 0 unspecified atom stereocenters. The second-order valence-corrected chi connectivity index (χ2v) is 5.56. The number of methoxy groups -OCH3 is 1. The highest BCUT2D eigenvalue weighted by molar-refractivity contribution is 7.80. The van der Waals surface area contributed by atoms with Gasteiger partial charge < -0.3 is 15.2 Å². The fourth-order valence-electron chi connectivity index (χ4n) is 1.80. The van der Waals surface area contributed by atoms with Gasteiger partial charge in [-0.05, 0) is 48.1 Å². The van der Waals surface area contributed by atoms with Crippen molar-refractivity contribution in [2.75, 3.05) is 12.4 Å². The van der Waals surface area contributed by atoms with Crippen LogP contribution in [0.1, 0.15) is 5.56 Å². The quantitative estimate of drug-likeness (QED) is 0.440. The molecule has 2 rings (SSSR count). The summed E-state index contributed by atoms with van der Waals surface area (Å²) in [7, 11) is 1.51. The normalized spacial score (nSPS) is 10.4. The minimum atomic E-state index is -0.398. The van der Waals surface area contributed by atoms with E-state index >= 15 is 0 Å². The van der Waals surface area contributed by atoms with Crippen molar-refractivity contribution in [3.63, 3.8) is 0 Å². The third-order valence-corrected chi connectivity index (χ3v) is 3.44. The van der Waals surface area contributed by atoms with Crippen LogP contribution in [0.4, 0.5) is 5.69 Å². The van der Waals surface area contributed by atoms with Gasteiger partial charge in [0.1, 0.15) is 11.5 Å². The number of nitrogens with one attached hydrogen (secondary N) is 2. The minimum absolute atomic E-state index is 0.0101. The third kappa shape index (κ3) is 5.26. The molecule has 0 spiro atoms. The molecule has 0 radical (unpaired) electrons. The molecule has 124 valence electrons. The lowest BCUT2D eigenvalue weighted by atomic mass is 10.2. The Bertz CT molecular complexity index is 776. The van der Waals surface area contributed by atoms with E-state index in [-0.39, 0.29) is 10.9 Å².